The number of carbonyl (C=O) groups excluding carboxylic acids is 1. The predicted molar refractivity (Wildman–Crippen MR) is 86.0 cm³/mol. The quantitative estimate of drug-likeness (QED) is 0.811. The molecule has 0 bridgehead atoms. The van der Waals surface area contributed by atoms with E-state index in [2.05, 4.69) is 27.9 Å². The molecule has 0 heterocycles. The zero-order valence-corrected chi connectivity index (χ0v) is 13.1. The van der Waals surface area contributed by atoms with E-state index in [0.717, 1.165) is 9.13 Å². The Morgan fingerprint density at radius 3 is 2.65 bits per heavy atom. The third-order valence-electron chi connectivity index (χ3n) is 2.62. The maximum absolute atomic E-state index is 11.8. The minimum atomic E-state index is -0.486. The van der Waals surface area contributed by atoms with Crippen LogP contribution in [0.1, 0.15) is 5.56 Å². The highest BCUT2D eigenvalue weighted by Crippen LogP contribution is 2.24. The largest absolute Gasteiger partial charge is 0.497 e. The number of halogens is 1. The molecule has 2 aromatic carbocycles. The van der Waals surface area contributed by atoms with Crippen LogP contribution in [0.25, 0.3) is 0 Å². The first-order chi connectivity index (χ1) is 9.69. The number of amides is 1. The van der Waals surface area contributed by atoms with Gasteiger partial charge in [-0.25, -0.2) is 4.79 Å². The van der Waals surface area contributed by atoms with Crippen molar-refractivity contribution in [1.82, 2.24) is 0 Å². The average molecular weight is 383 g/mol. The Hall–Kier alpha value is -1.76. The van der Waals surface area contributed by atoms with Crippen LogP contribution in [0.15, 0.2) is 48.5 Å². The van der Waals surface area contributed by atoms with Gasteiger partial charge in [0.15, 0.2) is 0 Å². The molecule has 20 heavy (non-hydrogen) atoms. The van der Waals surface area contributed by atoms with E-state index in [-0.39, 0.29) is 6.61 Å². The standard InChI is InChI=1S/C15H14INO3/c1-19-12-7-8-13(16)14(9-12)17-15(18)20-10-11-5-3-2-4-6-11/h2-9H,10H2,1H3,(H,17,18). The molecule has 0 aliphatic heterocycles. The van der Waals surface area contributed by atoms with Crippen LogP contribution in [0, 0.1) is 3.57 Å². The van der Waals surface area contributed by atoms with Gasteiger partial charge >= 0.3 is 6.09 Å². The number of nitrogens with one attached hydrogen (secondary N) is 1. The molecular weight excluding hydrogens is 369 g/mol. The van der Waals surface area contributed by atoms with Gasteiger partial charge in [0.25, 0.3) is 0 Å². The summed E-state index contributed by atoms with van der Waals surface area (Å²) in [7, 11) is 1.58. The molecule has 5 heteroatoms. The molecule has 0 aliphatic rings. The lowest BCUT2D eigenvalue weighted by Crippen LogP contribution is -2.14. The lowest BCUT2D eigenvalue weighted by atomic mass is 10.2. The fraction of sp³-hybridized carbons (Fsp3) is 0.133. The van der Waals surface area contributed by atoms with E-state index >= 15 is 0 Å². The molecule has 0 radical (unpaired) electrons. The third kappa shape index (κ3) is 4.12. The van der Waals surface area contributed by atoms with Gasteiger partial charge in [-0.05, 0) is 40.3 Å². The fourth-order valence-corrected chi connectivity index (χ4v) is 2.07. The van der Waals surface area contributed by atoms with E-state index in [1.165, 1.54) is 0 Å². The van der Waals surface area contributed by atoms with Gasteiger partial charge in [-0.3, -0.25) is 5.32 Å². The van der Waals surface area contributed by atoms with Gasteiger partial charge in [-0.2, -0.15) is 0 Å². The Kier molecular flexibility index (Phi) is 5.23. The zero-order valence-electron chi connectivity index (χ0n) is 10.9. The number of hydrogen-bond donors (Lipinski definition) is 1. The van der Waals surface area contributed by atoms with Crippen molar-refractivity contribution in [1.29, 1.82) is 0 Å². The van der Waals surface area contributed by atoms with Crippen LogP contribution in [0.3, 0.4) is 0 Å². The molecule has 2 aromatic rings. The van der Waals surface area contributed by atoms with Gasteiger partial charge in [-0.1, -0.05) is 30.3 Å². The summed E-state index contributed by atoms with van der Waals surface area (Å²) in [6.45, 7) is 0.243. The number of rotatable bonds is 4. The lowest BCUT2D eigenvalue weighted by Gasteiger charge is -2.10. The molecule has 0 atom stereocenters. The van der Waals surface area contributed by atoms with Crippen molar-refractivity contribution in [3.05, 3.63) is 57.7 Å². The first kappa shape index (κ1) is 14.6. The van der Waals surface area contributed by atoms with E-state index in [0.29, 0.717) is 11.4 Å². The highest BCUT2D eigenvalue weighted by molar-refractivity contribution is 14.1. The van der Waals surface area contributed by atoms with E-state index in [4.69, 9.17) is 9.47 Å². The van der Waals surface area contributed by atoms with E-state index < -0.39 is 6.09 Å². The molecule has 104 valence electrons. The molecule has 0 spiro atoms. The molecule has 1 N–H and O–H groups in total. The Labute approximate surface area is 131 Å². The minimum Gasteiger partial charge on any atom is -0.497 e. The predicted octanol–water partition coefficient (Wildman–Crippen LogP) is 4.05. The van der Waals surface area contributed by atoms with Gasteiger partial charge in [-0.15, -0.1) is 0 Å². The van der Waals surface area contributed by atoms with Crippen LogP contribution in [0.2, 0.25) is 0 Å². The highest BCUT2D eigenvalue weighted by atomic mass is 127. The Balaban J connectivity index is 1.94. The SMILES string of the molecule is COc1ccc(I)c(NC(=O)OCc2ccccc2)c1. The average Bonchev–Trinajstić information content (AvgIpc) is 2.48. The summed E-state index contributed by atoms with van der Waals surface area (Å²) in [6, 6.07) is 15.0. The van der Waals surface area contributed by atoms with Crippen LogP contribution in [0.4, 0.5) is 10.5 Å². The van der Waals surface area contributed by atoms with Crippen molar-refractivity contribution < 1.29 is 14.3 Å². The van der Waals surface area contributed by atoms with Crippen molar-refractivity contribution in [3.8, 4) is 5.75 Å². The first-order valence-electron chi connectivity index (χ1n) is 6.00. The topological polar surface area (TPSA) is 47.6 Å². The first-order valence-corrected chi connectivity index (χ1v) is 7.08. The van der Waals surface area contributed by atoms with Gasteiger partial charge in [0.1, 0.15) is 12.4 Å². The molecular formula is C15H14INO3. The number of benzene rings is 2. The third-order valence-corrected chi connectivity index (χ3v) is 3.56. The summed E-state index contributed by atoms with van der Waals surface area (Å²) >= 11 is 2.14. The van der Waals surface area contributed by atoms with Crippen molar-refractivity contribution >= 4 is 34.4 Å². The molecule has 0 saturated heterocycles. The summed E-state index contributed by atoms with van der Waals surface area (Å²) in [4.78, 5) is 11.8. The Morgan fingerprint density at radius 1 is 1.20 bits per heavy atom. The molecule has 4 nitrogen and oxygen atoms in total. The summed E-state index contributed by atoms with van der Waals surface area (Å²) in [5, 5.41) is 2.71. The van der Waals surface area contributed by atoms with E-state index in [1.807, 2.05) is 42.5 Å². The van der Waals surface area contributed by atoms with Crippen LogP contribution in [0.5, 0.6) is 5.75 Å². The highest BCUT2D eigenvalue weighted by Gasteiger charge is 2.08. The molecule has 0 unspecified atom stereocenters. The van der Waals surface area contributed by atoms with Crippen molar-refractivity contribution in [3.63, 3.8) is 0 Å². The normalized spacial score (nSPS) is 9.90. The minimum absolute atomic E-state index is 0.243. The molecule has 1 amide bonds. The molecule has 0 fully saturated rings. The molecule has 0 saturated carbocycles. The summed E-state index contributed by atoms with van der Waals surface area (Å²) < 4.78 is 11.2. The summed E-state index contributed by atoms with van der Waals surface area (Å²) in [5.74, 6) is 0.684. The number of anilines is 1. The van der Waals surface area contributed by atoms with Crippen LogP contribution in [-0.2, 0) is 11.3 Å². The number of ether oxygens (including phenoxy) is 2. The molecule has 0 aliphatic carbocycles. The summed E-state index contributed by atoms with van der Waals surface area (Å²) in [5.41, 5.74) is 1.62. The lowest BCUT2D eigenvalue weighted by molar-refractivity contribution is 0.155. The maximum atomic E-state index is 11.8. The number of methoxy groups -OCH3 is 1. The van der Waals surface area contributed by atoms with Crippen LogP contribution < -0.4 is 10.1 Å². The smallest absolute Gasteiger partial charge is 0.411 e. The van der Waals surface area contributed by atoms with Crippen LogP contribution >= 0.6 is 22.6 Å². The van der Waals surface area contributed by atoms with Gasteiger partial charge < -0.3 is 9.47 Å². The number of hydrogen-bond acceptors (Lipinski definition) is 3. The van der Waals surface area contributed by atoms with Gasteiger partial charge in [0.05, 0.1) is 12.8 Å². The summed E-state index contributed by atoms with van der Waals surface area (Å²) in [6.07, 6.45) is -0.486. The van der Waals surface area contributed by atoms with Gasteiger partial charge in [0.2, 0.25) is 0 Å². The fourth-order valence-electron chi connectivity index (χ4n) is 1.60. The Bertz CT molecular complexity index is 587. The maximum Gasteiger partial charge on any atom is 0.411 e. The second-order valence-corrected chi connectivity index (χ2v) is 5.19. The molecule has 2 rings (SSSR count). The van der Waals surface area contributed by atoms with Crippen molar-refractivity contribution in [2.75, 3.05) is 12.4 Å². The van der Waals surface area contributed by atoms with Crippen molar-refractivity contribution in [2.45, 2.75) is 6.61 Å². The van der Waals surface area contributed by atoms with E-state index in [9.17, 15) is 4.79 Å². The second-order valence-electron chi connectivity index (χ2n) is 4.03. The second kappa shape index (κ2) is 7.14. The number of carbonyl (C=O) groups is 1. The monoisotopic (exact) mass is 383 g/mol. The van der Waals surface area contributed by atoms with Crippen LogP contribution in [-0.4, -0.2) is 13.2 Å². The molecule has 0 aromatic heterocycles. The Morgan fingerprint density at radius 2 is 1.95 bits per heavy atom. The zero-order chi connectivity index (χ0) is 14.4. The van der Waals surface area contributed by atoms with Crippen molar-refractivity contribution in [2.24, 2.45) is 0 Å². The van der Waals surface area contributed by atoms with Gasteiger partial charge in [0, 0.05) is 9.64 Å². The van der Waals surface area contributed by atoms with E-state index in [1.54, 1.807) is 13.2 Å².